The lowest BCUT2D eigenvalue weighted by atomic mass is 9.89. The molecule has 1 fully saturated rings. The lowest BCUT2D eigenvalue weighted by Crippen LogP contribution is -2.47. The fraction of sp³-hybridized carbons (Fsp3) is 0.833. The maximum Gasteiger partial charge on any atom is 0.309 e. The zero-order chi connectivity index (χ0) is 13.1. The Balaban J connectivity index is 2.55. The second-order valence-electron chi connectivity index (χ2n) is 5.11. The Bertz CT molecular complexity index is 301. The monoisotopic (exact) mass is 243 g/mol. The first-order chi connectivity index (χ1) is 7.86. The van der Waals surface area contributed by atoms with E-state index in [0.29, 0.717) is 19.7 Å². The van der Waals surface area contributed by atoms with Crippen molar-refractivity contribution in [2.24, 2.45) is 5.41 Å². The SMILES string of the molecule is CCC1CN(C(=O)CC(C)(C)C(=O)O)CCO1. The molecular weight excluding hydrogens is 222 g/mol. The van der Waals surface area contributed by atoms with Crippen molar-refractivity contribution in [3.63, 3.8) is 0 Å². The summed E-state index contributed by atoms with van der Waals surface area (Å²) in [6.45, 7) is 6.84. The van der Waals surface area contributed by atoms with E-state index < -0.39 is 11.4 Å². The summed E-state index contributed by atoms with van der Waals surface area (Å²) in [6, 6.07) is 0. The molecule has 1 atom stereocenters. The molecule has 5 heteroatoms. The molecule has 1 heterocycles. The third-order valence-corrected chi connectivity index (χ3v) is 3.12. The number of aliphatic carboxylic acids is 1. The Kier molecular flexibility index (Phi) is 4.51. The highest BCUT2D eigenvalue weighted by Gasteiger charge is 2.33. The van der Waals surface area contributed by atoms with E-state index in [0.717, 1.165) is 6.42 Å². The number of carboxylic acid groups (broad SMARTS) is 1. The van der Waals surface area contributed by atoms with Crippen LogP contribution in [-0.2, 0) is 14.3 Å². The van der Waals surface area contributed by atoms with Crippen LogP contribution in [0.4, 0.5) is 0 Å². The Labute approximate surface area is 102 Å². The van der Waals surface area contributed by atoms with Crippen LogP contribution in [0.1, 0.15) is 33.6 Å². The van der Waals surface area contributed by atoms with Gasteiger partial charge < -0.3 is 14.7 Å². The molecular formula is C12H21NO4. The first kappa shape index (κ1) is 14.0. The summed E-state index contributed by atoms with van der Waals surface area (Å²) < 4.78 is 5.47. The lowest BCUT2D eigenvalue weighted by Gasteiger charge is -2.34. The van der Waals surface area contributed by atoms with Crippen molar-refractivity contribution in [3.05, 3.63) is 0 Å². The smallest absolute Gasteiger partial charge is 0.309 e. The van der Waals surface area contributed by atoms with Crippen LogP contribution < -0.4 is 0 Å². The molecule has 1 aliphatic rings. The van der Waals surface area contributed by atoms with E-state index in [-0.39, 0.29) is 18.4 Å². The van der Waals surface area contributed by atoms with Gasteiger partial charge in [0, 0.05) is 19.5 Å². The molecule has 0 radical (unpaired) electrons. The number of ether oxygens (including phenoxy) is 1. The molecule has 0 spiro atoms. The number of morpholine rings is 1. The van der Waals surface area contributed by atoms with Crippen molar-refractivity contribution in [3.8, 4) is 0 Å². The van der Waals surface area contributed by atoms with E-state index in [4.69, 9.17) is 9.84 Å². The van der Waals surface area contributed by atoms with Crippen molar-refractivity contribution in [2.75, 3.05) is 19.7 Å². The van der Waals surface area contributed by atoms with Crippen LogP contribution in [0, 0.1) is 5.41 Å². The third kappa shape index (κ3) is 3.70. The van der Waals surface area contributed by atoms with Crippen molar-refractivity contribution in [1.29, 1.82) is 0 Å². The number of carbonyl (C=O) groups excluding carboxylic acids is 1. The molecule has 0 bridgehead atoms. The first-order valence-corrected chi connectivity index (χ1v) is 5.99. The Morgan fingerprint density at radius 1 is 1.47 bits per heavy atom. The quantitative estimate of drug-likeness (QED) is 0.803. The largest absolute Gasteiger partial charge is 0.481 e. The molecule has 0 aromatic heterocycles. The van der Waals surface area contributed by atoms with Gasteiger partial charge in [0.2, 0.25) is 5.91 Å². The van der Waals surface area contributed by atoms with Gasteiger partial charge in [0.05, 0.1) is 18.1 Å². The van der Waals surface area contributed by atoms with Gasteiger partial charge in [-0.1, -0.05) is 6.92 Å². The van der Waals surface area contributed by atoms with Crippen LogP contribution in [0.2, 0.25) is 0 Å². The molecule has 0 aliphatic carbocycles. The first-order valence-electron chi connectivity index (χ1n) is 5.99. The van der Waals surface area contributed by atoms with Crippen LogP contribution in [0.5, 0.6) is 0 Å². The highest BCUT2D eigenvalue weighted by Crippen LogP contribution is 2.22. The maximum atomic E-state index is 12.0. The highest BCUT2D eigenvalue weighted by atomic mass is 16.5. The van der Waals surface area contributed by atoms with Crippen molar-refractivity contribution < 1.29 is 19.4 Å². The topological polar surface area (TPSA) is 66.8 Å². The van der Waals surface area contributed by atoms with Crippen molar-refractivity contribution >= 4 is 11.9 Å². The van der Waals surface area contributed by atoms with E-state index in [1.165, 1.54) is 0 Å². The van der Waals surface area contributed by atoms with Gasteiger partial charge in [0.1, 0.15) is 0 Å². The van der Waals surface area contributed by atoms with Gasteiger partial charge in [-0.05, 0) is 20.3 Å². The molecule has 5 nitrogen and oxygen atoms in total. The average Bonchev–Trinajstić information content (AvgIpc) is 2.28. The number of carbonyl (C=O) groups is 2. The van der Waals surface area contributed by atoms with Crippen molar-refractivity contribution in [2.45, 2.75) is 39.7 Å². The minimum atomic E-state index is -1.00. The molecule has 1 saturated heterocycles. The number of rotatable bonds is 4. The Morgan fingerprint density at radius 3 is 2.65 bits per heavy atom. The van der Waals surface area contributed by atoms with E-state index in [2.05, 4.69) is 0 Å². The predicted molar refractivity (Wildman–Crippen MR) is 62.6 cm³/mol. The number of amides is 1. The number of carboxylic acids is 1. The van der Waals surface area contributed by atoms with Gasteiger partial charge in [-0.3, -0.25) is 9.59 Å². The molecule has 1 N–H and O–H groups in total. The molecule has 17 heavy (non-hydrogen) atoms. The third-order valence-electron chi connectivity index (χ3n) is 3.12. The Morgan fingerprint density at radius 2 is 2.12 bits per heavy atom. The van der Waals surface area contributed by atoms with E-state index in [9.17, 15) is 9.59 Å². The van der Waals surface area contributed by atoms with Crippen LogP contribution in [0.25, 0.3) is 0 Å². The fourth-order valence-electron chi connectivity index (χ4n) is 1.76. The summed E-state index contributed by atoms with van der Waals surface area (Å²) in [5.41, 5.74) is -1.00. The predicted octanol–water partition coefficient (Wildman–Crippen LogP) is 1.12. The average molecular weight is 243 g/mol. The summed E-state index contributed by atoms with van der Waals surface area (Å²) in [5.74, 6) is -1.04. The van der Waals surface area contributed by atoms with E-state index in [1.54, 1.807) is 18.7 Å². The molecule has 0 saturated carbocycles. The normalized spacial score (nSPS) is 21.4. The number of nitrogens with zero attached hydrogens (tertiary/aromatic N) is 1. The lowest BCUT2D eigenvalue weighted by molar-refractivity contribution is -0.153. The molecule has 1 amide bonds. The standard InChI is InChI=1S/C12H21NO4/c1-4-9-8-13(5-6-17-9)10(14)7-12(2,3)11(15)16/h9H,4-8H2,1-3H3,(H,15,16). The van der Waals surface area contributed by atoms with Gasteiger partial charge in [0.15, 0.2) is 0 Å². The number of hydrogen-bond donors (Lipinski definition) is 1. The van der Waals surface area contributed by atoms with Crippen molar-refractivity contribution in [1.82, 2.24) is 4.90 Å². The number of hydrogen-bond acceptors (Lipinski definition) is 3. The van der Waals surface area contributed by atoms with Gasteiger partial charge in [-0.25, -0.2) is 0 Å². The van der Waals surface area contributed by atoms with E-state index in [1.807, 2.05) is 6.92 Å². The molecule has 1 rings (SSSR count). The minimum absolute atomic E-state index is 0.0404. The summed E-state index contributed by atoms with van der Waals surface area (Å²) >= 11 is 0. The van der Waals surface area contributed by atoms with Crippen LogP contribution >= 0.6 is 0 Å². The van der Waals surface area contributed by atoms with Gasteiger partial charge in [-0.15, -0.1) is 0 Å². The zero-order valence-electron chi connectivity index (χ0n) is 10.7. The summed E-state index contributed by atoms with van der Waals surface area (Å²) in [6.07, 6.45) is 0.992. The van der Waals surface area contributed by atoms with Crippen LogP contribution in [-0.4, -0.2) is 47.7 Å². The Hall–Kier alpha value is -1.10. The molecule has 1 aliphatic heterocycles. The van der Waals surface area contributed by atoms with Gasteiger partial charge in [0.25, 0.3) is 0 Å². The van der Waals surface area contributed by atoms with Crippen LogP contribution in [0.15, 0.2) is 0 Å². The van der Waals surface area contributed by atoms with Gasteiger partial charge in [-0.2, -0.15) is 0 Å². The van der Waals surface area contributed by atoms with E-state index >= 15 is 0 Å². The molecule has 0 aromatic carbocycles. The highest BCUT2D eigenvalue weighted by molar-refractivity contribution is 5.84. The fourth-order valence-corrected chi connectivity index (χ4v) is 1.76. The molecule has 98 valence electrons. The second-order valence-corrected chi connectivity index (χ2v) is 5.11. The summed E-state index contributed by atoms with van der Waals surface area (Å²) in [4.78, 5) is 24.7. The molecule has 0 aromatic rings. The summed E-state index contributed by atoms with van der Waals surface area (Å²) in [7, 11) is 0. The summed E-state index contributed by atoms with van der Waals surface area (Å²) in [5, 5.41) is 8.99. The maximum absolute atomic E-state index is 12.0. The second kappa shape index (κ2) is 5.49. The molecule has 1 unspecified atom stereocenters. The zero-order valence-corrected chi connectivity index (χ0v) is 10.7. The minimum Gasteiger partial charge on any atom is -0.481 e. The van der Waals surface area contributed by atoms with Crippen LogP contribution in [0.3, 0.4) is 0 Å². The van der Waals surface area contributed by atoms with Gasteiger partial charge >= 0.3 is 5.97 Å².